The molecule has 1 aliphatic heterocycles. The smallest absolute Gasteiger partial charge is 0.247 e. The van der Waals surface area contributed by atoms with E-state index >= 15 is 0 Å². The van der Waals surface area contributed by atoms with Crippen LogP contribution in [0.1, 0.15) is 29.2 Å². The molecule has 1 heterocycles. The number of carbonyl (C=O) groups is 3. The number of alkyl halides is 2. The highest BCUT2D eigenvalue weighted by molar-refractivity contribution is 9.10. The van der Waals surface area contributed by atoms with E-state index in [1.54, 1.807) is 31.2 Å². The first kappa shape index (κ1) is 22.8. The minimum atomic E-state index is -1.27. The maximum atomic E-state index is 13.9. The van der Waals surface area contributed by atoms with Crippen LogP contribution in [0.25, 0.3) is 0 Å². The maximum absolute atomic E-state index is 13.9. The van der Waals surface area contributed by atoms with Gasteiger partial charge in [0.05, 0.1) is 11.8 Å². The molecule has 1 N–H and O–H groups in total. The first-order chi connectivity index (χ1) is 16.7. The van der Waals surface area contributed by atoms with Crippen molar-refractivity contribution in [2.45, 2.75) is 22.7 Å². The first-order valence-electron chi connectivity index (χ1n) is 11.2. The third-order valence-electron chi connectivity index (χ3n) is 7.50. The molecule has 3 atom stereocenters. The summed E-state index contributed by atoms with van der Waals surface area (Å²) < 4.78 is 0.868. The van der Waals surface area contributed by atoms with Crippen molar-refractivity contribution < 1.29 is 14.4 Å². The summed E-state index contributed by atoms with van der Waals surface area (Å²) in [6, 6.07) is 20.9. The summed E-state index contributed by atoms with van der Waals surface area (Å²) in [5.41, 5.74) is 3.47. The second-order valence-electron chi connectivity index (χ2n) is 9.19. The van der Waals surface area contributed by atoms with Gasteiger partial charge in [-0.2, -0.15) is 0 Å². The number of amides is 3. The minimum Gasteiger partial charge on any atom is -0.324 e. The number of nitrogens with one attached hydrogen (secondary N) is 1. The van der Waals surface area contributed by atoms with Gasteiger partial charge in [-0.1, -0.05) is 64.5 Å². The lowest BCUT2D eigenvalue weighted by atomic mass is 9.54. The Morgan fingerprint density at radius 2 is 1.23 bits per heavy atom. The molecule has 3 amide bonds. The molecule has 0 radical (unpaired) electrons. The highest BCUT2D eigenvalue weighted by atomic mass is 79.9. The quantitative estimate of drug-likeness (QED) is 0.341. The maximum Gasteiger partial charge on any atom is 0.247 e. The number of benzene rings is 3. The fourth-order valence-electron chi connectivity index (χ4n) is 5.97. The number of likely N-dealkylation sites (tertiary alicyclic amines) is 1. The average molecular weight is 570 g/mol. The van der Waals surface area contributed by atoms with Crippen LogP contribution < -0.4 is 5.32 Å². The van der Waals surface area contributed by atoms with Crippen LogP contribution in [0.15, 0.2) is 77.3 Å². The summed E-state index contributed by atoms with van der Waals surface area (Å²) in [5, 5.41) is 2.79. The van der Waals surface area contributed by atoms with E-state index in [4.69, 9.17) is 23.2 Å². The monoisotopic (exact) mass is 568 g/mol. The van der Waals surface area contributed by atoms with Gasteiger partial charge in [0.1, 0.15) is 15.8 Å². The normalized spacial score (nSPS) is 28.9. The van der Waals surface area contributed by atoms with Gasteiger partial charge in [0.2, 0.25) is 17.7 Å². The Balaban J connectivity index is 1.45. The zero-order valence-corrected chi connectivity index (χ0v) is 21.6. The molecule has 0 spiro atoms. The van der Waals surface area contributed by atoms with Crippen LogP contribution in [0.4, 0.5) is 5.69 Å². The van der Waals surface area contributed by atoms with Gasteiger partial charge in [0, 0.05) is 10.2 Å². The van der Waals surface area contributed by atoms with Crippen molar-refractivity contribution in [1.29, 1.82) is 0 Å². The number of anilines is 1. The van der Waals surface area contributed by atoms with E-state index in [1.807, 2.05) is 48.5 Å². The van der Waals surface area contributed by atoms with Crippen LogP contribution in [-0.4, -0.2) is 28.7 Å². The van der Waals surface area contributed by atoms with E-state index in [-0.39, 0.29) is 0 Å². The summed E-state index contributed by atoms with van der Waals surface area (Å²) in [7, 11) is 0. The largest absolute Gasteiger partial charge is 0.324 e. The molecule has 35 heavy (non-hydrogen) atoms. The third-order valence-corrected chi connectivity index (χ3v) is 9.31. The van der Waals surface area contributed by atoms with Crippen molar-refractivity contribution in [3.8, 4) is 0 Å². The van der Waals surface area contributed by atoms with E-state index in [9.17, 15) is 14.4 Å². The summed E-state index contributed by atoms with van der Waals surface area (Å²) in [4.78, 5) is 39.5. The molecule has 0 saturated carbocycles. The van der Waals surface area contributed by atoms with Gasteiger partial charge in [0.15, 0.2) is 0 Å². The van der Waals surface area contributed by atoms with Crippen molar-refractivity contribution in [2.24, 2.45) is 11.8 Å². The molecule has 5 nitrogen and oxygen atoms in total. The number of carbonyl (C=O) groups excluding carboxylic acids is 3. The fraction of sp³-hybridized carbons (Fsp3) is 0.222. The number of hydrogen-bond donors (Lipinski definition) is 1. The molecular weight excluding hydrogens is 551 g/mol. The molecule has 1 fully saturated rings. The standard InChI is InChI=1S/C27H19BrCl2N2O3/c1-14(23(33)31-16-12-10-15(28)11-13-16)32-24(34)21-22(25(32)35)27(30)18-7-3-2-6-17(18)26(21,29)19-8-4-5-9-20(19)27/h2-14,21-22H,1H3,(H,31,33)/t14-,21-,22+,26?,27?/m1/s1. The Morgan fingerprint density at radius 3 is 1.63 bits per heavy atom. The molecule has 3 aromatic rings. The molecule has 3 aliphatic carbocycles. The van der Waals surface area contributed by atoms with Crippen molar-refractivity contribution in [1.82, 2.24) is 4.90 Å². The lowest BCUT2D eigenvalue weighted by molar-refractivity contribution is -0.146. The molecule has 0 unspecified atom stereocenters. The van der Waals surface area contributed by atoms with Crippen LogP contribution in [0.2, 0.25) is 0 Å². The van der Waals surface area contributed by atoms with Gasteiger partial charge in [-0.15, -0.1) is 23.2 Å². The van der Waals surface area contributed by atoms with E-state index in [2.05, 4.69) is 21.2 Å². The third kappa shape index (κ3) is 2.85. The highest BCUT2D eigenvalue weighted by Crippen LogP contribution is 2.69. The first-order valence-corrected chi connectivity index (χ1v) is 12.8. The second-order valence-corrected chi connectivity index (χ2v) is 11.3. The Labute approximate surface area is 220 Å². The molecule has 7 rings (SSSR count). The van der Waals surface area contributed by atoms with E-state index in [0.717, 1.165) is 31.6 Å². The molecule has 3 aromatic carbocycles. The number of rotatable bonds is 3. The summed E-state index contributed by atoms with van der Waals surface area (Å²) in [6.45, 7) is 1.55. The van der Waals surface area contributed by atoms with E-state index in [0.29, 0.717) is 5.69 Å². The molecular formula is C27H19BrCl2N2O3. The SMILES string of the molecule is C[C@H](C(=O)Nc1ccc(Br)cc1)N1C(=O)[C@@H]2[C@H](C1=O)C1(Cl)c3ccccc3C2(Cl)c2ccccc21. The Hall–Kier alpha value is -2.67. The van der Waals surface area contributed by atoms with Crippen molar-refractivity contribution in [3.05, 3.63) is 99.5 Å². The van der Waals surface area contributed by atoms with Crippen LogP contribution in [0.3, 0.4) is 0 Å². The van der Waals surface area contributed by atoms with Gasteiger partial charge in [0.25, 0.3) is 0 Å². The zero-order valence-electron chi connectivity index (χ0n) is 18.5. The van der Waals surface area contributed by atoms with E-state index < -0.39 is 45.3 Å². The van der Waals surface area contributed by atoms with Gasteiger partial charge in [-0.3, -0.25) is 19.3 Å². The average Bonchev–Trinajstić information content (AvgIpc) is 3.14. The van der Waals surface area contributed by atoms with Crippen LogP contribution in [-0.2, 0) is 24.1 Å². The Bertz CT molecular complexity index is 1300. The Morgan fingerprint density at radius 1 is 0.829 bits per heavy atom. The molecule has 2 bridgehead atoms. The summed E-state index contributed by atoms with van der Waals surface area (Å²) in [5.74, 6) is -3.30. The highest BCUT2D eigenvalue weighted by Gasteiger charge is 2.73. The topological polar surface area (TPSA) is 66.5 Å². The van der Waals surface area contributed by atoms with Gasteiger partial charge >= 0.3 is 0 Å². The molecule has 8 heteroatoms. The lowest BCUT2D eigenvalue weighted by Crippen LogP contribution is -2.57. The molecule has 0 aromatic heterocycles. The fourth-order valence-corrected chi connectivity index (χ4v) is 7.33. The zero-order chi connectivity index (χ0) is 24.7. The summed E-state index contributed by atoms with van der Waals surface area (Å²) in [6.07, 6.45) is 0. The Kier molecular flexibility index (Phi) is 4.99. The van der Waals surface area contributed by atoms with Crippen molar-refractivity contribution in [3.63, 3.8) is 0 Å². The summed E-state index contributed by atoms with van der Waals surface area (Å²) >= 11 is 18.2. The van der Waals surface area contributed by atoms with Crippen molar-refractivity contribution in [2.75, 3.05) is 5.32 Å². The number of halogens is 3. The predicted octanol–water partition coefficient (Wildman–Crippen LogP) is 5.37. The minimum absolute atomic E-state index is 0.470. The number of nitrogens with zero attached hydrogens (tertiary/aromatic N) is 1. The second kappa shape index (κ2) is 7.66. The molecule has 176 valence electrons. The number of hydrogen-bond acceptors (Lipinski definition) is 3. The predicted molar refractivity (Wildman–Crippen MR) is 137 cm³/mol. The van der Waals surface area contributed by atoms with Gasteiger partial charge in [-0.25, -0.2) is 0 Å². The van der Waals surface area contributed by atoms with Crippen LogP contribution in [0.5, 0.6) is 0 Å². The van der Waals surface area contributed by atoms with E-state index in [1.165, 1.54) is 0 Å². The van der Waals surface area contributed by atoms with Gasteiger partial charge < -0.3 is 5.32 Å². The molecule has 4 aliphatic rings. The van der Waals surface area contributed by atoms with Crippen LogP contribution >= 0.6 is 39.1 Å². The number of imide groups is 1. The molecule has 1 saturated heterocycles. The van der Waals surface area contributed by atoms with Crippen LogP contribution in [0, 0.1) is 11.8 Å². The van der Waals surface area contributed by atoms with Crippen molar-refractivity contribution >= 4 is 62.5 Å². The van der Waals surface area contributed by atoms with Gasteiger partial charge in [-0.05, 0) is 53.4 Å². The lowest BCUT2D eigenvalue weighted by Gasteiger charge is -2.54.